The summed E-state index contributed by atoms with van der Waals surface area (Å²) in [5, 5.41) is 0. The lowest BCUT2D eigenvalue weighted by atomic mass is 10.0. The van der Waals surface area contributed by atoms with E-state index in [1.54, 1.807) is 23.1 Å². The van der Waals surface area contributed by atoms with Crippen LogP contribution < -0.4 is 20.3 Å². The van der Waals surface area contributed by atoms with Gasteiger partial charge in [-0.25, -0.2) is 4.79 Å². The lowest BCUT2D eigenvalue weighted by Crippen LogP contribution is -2.48. The fourth-order valence-electron chi connectivity index (χ4n) is 3.74. The normalized spacial score (nSPS) is 24.6. The fourth-order valence-corrected chi connectivity index (χ4v) is 3.74. The highest BCUT2D eigenvalue weighted by molar-refractivity contribution is 5.96. The number of piperidine rings is 1. The summed E-state index contributed by atoms with van der Waals surface area (Å²) < 4.78 is 21.9. The minimum Gasteiger partial charge on any atom is -0.494 e. The number of cyclic esters (lactones) is 1. The second-order valence-electron chi connectivity index (χ2n) is 6.79. The van der Waals surface area contributed by atoms with Gasteiger partial charge in [0.05, 0.1) is 39.0 Å². The van der Waals surface area contributed by atoms with Crippen molar-refractivity contribution in [3.8, 4) is 5.75 Å². The monoisotopic (exact) mass is 377 g/mol. The van der Waals surface area contributed by atoms with E-state index < -0.39 is 11.9 Å². The molecule has 0 radical (unpaired) electrons. The van der Waals surface area contributed by atoms with Crippen molar-refractivity contribution in [2.75, 3.05) is 49.8 Å². The van der Waals surface area contributed by atoms with Crippen molar-refractivity contribution in [2.24, 2.45) is 5.73 Å². The summed E-state index contributed by atoms with van der Waals surface area (Å²) in [7, 11) is 1.53. The van der Waals surface area contributed by atoms with Gasteiger partial charge in [-0.15, -0.1) is 0 Å². The highest BCUT2D eigenvalue weighted by atomic mass is 16.7. The van der Waals surface area contributed by atoms with Crippen molar-refractivity contribution in [1.29, 1.82) is 0 Å². The number of carbonyl (C=O) groups is 2. The summed E-state index contributed by atoms with van der Waals surface area (Å²) in [6.45, 7) is 2.15. The predicted octanol–water partition coefficient (Wildman–Crippen LogP) is 0.849. The molecule has 1 aromatic carbocycles. The topological polar surface area (TPSA) is 104 Å². The molecule has 27 heavy (non-hydrogen) atoms. The molecular formula is C18H23N3O6. The lowest BCUT2D eigenvalue weighted by Gasteiger charge is -2.37. The molecule has 2 N–H and O–H groups in total. The summed E-state index contributed by atoms with van der Waals surface area (Å²) >= 11 is 0. The molecule has 1 spiro atoms. The number of nitrogens with two attached hydrogens (primary N) is 1. The predicted molar refractivity (Wildman–Crippen MR) is 95.9 cm³/mol. The fraction of sp³-hybridized carbons (Fsp3) is 0.556. The Kier molecular flexibility index (Phi) is 4.67. The quantitative estimate of drug-likeness (QED) is 0.829. The van der Waals surface area contributed by atoms with Crippen LogP contribution in [0, 0.1) is 0 Å². The van der Waals surface area contributed by atoms with Crippen LogP contribution in [0.5, 0.6) is 5.75 Å². The number of methoxy groups -OCH3 is 1. The second-order valence-corrected chi connectivity index (χ2v) is 6.79. The summed E-state index contributed by atoms with van der Waals surface area (Å²) in [5.74, 6) is -0.348. The summed E-state index contributed by atoms with van der Waals surface area (Å²) in [6.07, 6.45) is 0.00354. The second kappa shape index (κ2) is 6.99. The van der Waals surface area contributed by atoms with Crippen molar-refractivity contribution < 1.29 is 28.5 Å². The molecule has 1 atom stereocenters. The van der Waals surface area contributed by atoms with E-state index >= 15 is 0 Å². The van der Waals surface area contributed by atoms with Gasteiger partial charge >= 0.3 is 6.09 Å². The summed E-state index contributed by atoms with van der Waals surface area (Å²) in [5.41, 5.74) is 6.89. The minimum atomic E-state index is -0.770. The van der Waals surface area contributed by atoms with Gasteiger partial charge in [-0.05, 0) is 12.1 Å². The van der Waals surface area contributed by atoms with Crippen molar-refractivity contribution >= 4 is 23.4 Å². The van der Waals surface area contributed by atoms with E-state index in [0.717, 1.165) is 0 Å². The van der Waals surface area contributed by atoms with Crippen LogP contribution in [0.4, 0.5) is 16.2 Å². The molecule has 3 fully saturated rings. The van der Waals surface area contributed by atoms with E-state index in [9.17, 15) is 9.59 Å². The highest BCUT2D eigenvalue weighted by Crippen LogP contribution is 2.38. The molecule has 3 heterocycles. The maximum atomic E-state index is 12.7. The van der Waals surface area contributed by atoms with Gasteiger partial charge in [-0.3, -0.25) is 9.69 Å². The maximum Gasteiger partial charge on any atom is 0.414 e. The van der Waals surface area contributed by atoms with Gasteiger partial charge in [0.1, 0.15) is 11.9 Å². The number of hydrogen-bond donors (Lipinski definition) is 1. The van der Waals surface area contributed by atoms with Crippen molar-refractivity contribution in [2.45, 2.75) is 24.7 Å². The van der Waals surface area contributed by atoms with Gasteiger partial charge in [0.25, 0.3) is 0 Å². The number of hydrogen-bond acceptors (Lipinski definition) is 7. The zero-order chi connectivity index (χ0) is 19.0. The molecule has 0 saturated carbocycles. The van der Waals surface area contributed by atoms with Gasteiger partial charge in [-0.2, -0.15) is 0 Å². The third-order valence-corrected chi connectivity index (χ3v) is 5.15. The molecule has 3 aliphatic heterocycles. The molecule has 1 aromatic rings. The first-order valence-corrected chi connectivity index (χ1v) is 9.00. The van der Waals surface area contributed by atoms with Crippen LogP contribution in [-0.2, 0) is 19.0 Å². The van der Waals surface area contributed by atoms with Crippen LogP contribution in [0.1, 0.15) is 12.8 Å². The molecule has 3 saturated heterocycles. The van der Waals surface area contributed by atoms with Crippen molar-refractivity contribution in [1.82, 2.24) is 0 Å². The average molecular weight is 377 g/mol. The molecule has 0 aliphatic carbocycles. The van der Waals surface area contributed by atoms with E-state index in [4.69, 9.17) is 24.7 Å². The van der Waals surface area contributed by atoms with Gasteiger partial charge in [0.15, 0.2) is 5.79 Å². The Morgan fingerprint density at radius 3 is 2.67 bits per heavy atom. The molecule has 1 unspecified atom stereocenters. The number of ether oxygens (including phenoxy) is 4. The van der Waals surface area contributed by atoms with Crippen LogP contribution in [0.15, 0.2) is 18.2 Å². The molecule has 0 aromatic heterocycles. The Morgan fingerprint density at radius 2 is 2.04 bits per heavy atom. The molecule has 146 valence electrons. The Morgan fingerprint density at radius 1 is 1.26 bits per heavy atom. The smallest absolute Gasteiger partial charge is 0.414 e. The van der Waals surface area contributed by atoms with E-state index in [-0.39, 0.29) is 25.0 Å². The Hall–Kier alpha value is -2.36. The molecule has 4 rings (SSSR count). The Bertz CT molecular complexity index is 749. The van der Waals surface area contributed by atoms with Gasteiger partial charge in [-0.1, -0.05) is 0 Å². The van der Waals surface area contributed by atoms with Crippen LogP contribution in [0.2, 0.25) is 0 Å². The average Bonchev–Trinajstić information content (AvgIpc) is 3.28. The number of benzene rings is 1. The zero-order valence-corrected chi connectivity index (χ0v) is 15.2. The third-order valence-electron chi connectivity index (χ3n) is 5.15. The summed E-state index contributed by atoms with van der Waals surface area (Å²) in [6, 6.07) is 5.31. The molecule has 9 heteroatoms. The number of nitrogens with zero attached hydrogens (tertiary/aromatic N) is 2. The van der Waals surface area contributed by atoms with Crippen molar-refractivity contribution in [3.63, 3.8) is 0 Å². The molecule has 2 amide bonds. The van der Waals surface area contributed by atoms with Gasteiger partial charge < -0.3 is 29.6 Å². The third kappa shape index (κ3) is 3.22. The first kappa shape index (κ1) is 18.0. The minimum absolute atomic E-state index is 0.0678. The molecule has 3 aliphatic rings. The van der Waals surface area contributed by atoms with Crippen LogP contribution in [0.3, 0.4) is 0 Å². The lowest BCUT2D eigenvalue weighted by molar-refractivity contribution is -0.177. The number of amides is 2. The zero-order valence-electron chi connectivity index (χ0n) is 15.2. The maximum absolute atomic E-state index is 12.7. The molecule has 9 nitrogen and oxygen atoms in total. The van der Waals surface area contributed by atoms with Crippen LogP contribution in [-0.4, -0.2) is 63.8 Å². The Labute approximate surface area is 156 Å². The number of rotatable bonds is 4. The first-order valence-electron chi connectivity index (χ1n) is 9.00. The summed E-state index contributed by atoms with van der Waals surface area (Å²) in [4.78, 5) is 27.9. The van der Waals surface area contributed by atoms with E-state index in [1.807, 2.05) is 0 Å². The van der Waals surface area contributed by atoms with Crippen LogP contribution in [0.25, 0.3) is 0 Å². The van der Waals surface area contributed by atoms with E-state index in [0.29, 0.717) is 49.8 Å². The largest absolute Gasteiger partial charge is 0.494 e. The van der Waals surface area contributed by atoms with Gasteiger partial charge in [0, 0.05) is 31.3 Å². The SMILES string of the molecule is COc1cc(N2CCC3(CC2=O)OCCO3)ccc1N1CC(CN)OC1=O. The van der Waals surface area contributed by atoms with Crippen molar-refractivity contribution in [3.05, 3.63) is 18.2 Å². The highest BCUT2D eigenvalue weighted by Gasteiger charge is 2.44. The first-order chi connectivity index (χ1) is 13.0. The van der Waals surface area contributed by atoms with E-state index in [2.05, 4.69) is 0 Å². The molecular weight excluding hydrogens is 354 g/mol. The Balaban J connectivity index is 1.55. The number of carbonyl (C=O) groups excluding carboxylic acids is 2. The van der Waals surface area contributed by atoms with E-state index in [1.165, 1.54) is 12.0 Å². The number of anilines is 2. The van der Waals surface area contributed by atoms with Crippen LogP contribution >= 0.6 is 0 Å². The van der Waals surface area contributed by atoms with Gasteiger partial charge in [0.2, 0.25) is 5.91 Å². The standard InChI is InChI=1S/C18H23N3O6/c1-24-15-8-12(2-3-14(15)21-11-13(10-19)27-17(21)23)20-5-4-18(9-16(20)22)25-6-7-26-18/h2-3,8,13H,4-7,9-11,19H2,1H3. The molecule has 0 bridgehead atoms.